The first-order chi connectivity index (χ1) is 8.53. The van der Waals surface area contributed by atoms with Crippen LogP contribution in [0, 0.1) is 0 Å². The molecular weight excluding hydrogens is 250 g/mol. The third kappa shape index (κ3) is 6.95. The molecule has 5 heteroatoms. The van der Waals surface area contributed by atoms with Crippen LogP contribution in [0.25, 0.3) is 0 Å². The Balaban J connectivity index is 2.17. The third-order valence-corrected chi connectivity index (χ3v) is 4.51. The summed E-state index contributed by atoms with van der Waals surface area (Å²) in [4.78, 5) is 2.34. The standard InChI is InChI=1S/C13H27NO3S/c1-13(2)4-5-14(6-9-18-13)10-12(15)11-17-8-7-16-3/h12,15H,4-11H2,1-3H3. The molecule has 0 saturated carbocycles. The van der Waals surface area contributed by atoms with E-state index in [2.05, 4.69) is 18.7 Å². The normalized spacial score (nSPS) is 22.7. The van der Waals surface area contributed by atoms with E-state index < -0.39 is 6.10 Å². The van der Waals surface area contributed by atoms with Crippen LogP contribution in [0.5, 0.6) is 0 Å². The number of aliphatic hydroxyl groups is 1. The Morgan fingerprint density at radius 2 is 2.11 bits per heavy atom. The lowest BCUT2D eigenvalue weighted by Crippen LogP contribution is -2.37. The van der Waals surface area contributed by atoms with Crippen molar-refractivity contribution in [1.82, 2.24) is 4.90 Å². The lowest BCUT2D eigenvalue weighted by molar-refractivity contribution is 0.000111. The van der Waals surface area contributed by atoms with Gasteiger partial charge in [0.2, 0.25) is 0 Å². The minimum atomic E-state index is -0.395. The summed E-state index contributed by atoms with van der Waals surface area (Å²) in [6.07, 6.45) is 0.780. The van der Waals surface area contributed by atoms with E-state index in [1.54, 1.807) is 7.11 Å². The first-order valence-corrected chi connectivity index (χ1v) is 7.63. The van der Waals surface area contributed by atoms with E-state index in [1.807, 2.05) is 11.8 Å². The quantitative estimate of drug-likeness (QED) is 0.709. The van der Waals surface area contributed by atoms with Gasteiger partial charge in [0.25, 0.3) is 0 Å². The van der Waals surface area contributed by atoms with Crippen molar-refractivity contribution in [3.05, 3.63) is 0 Å². The summed E-state index contributed by atoms with van der Waals surface area (Å²) in [5, 5.41) is 9.91. The fourth-order valence-corrected chi connectivity index (χ4v) is 3.10. The number of hydrogen-bond donors (Lipinski definition) is 1. The molecule has 1 fully saturated rings. The van der Waals surface area contributed by atoms with Crippen LogP contribution in [-0.4, -0.2) is 73.2 Å². The van der Waals surface area contributed by atoms with E-state index in [-0.39, 0.29) is 0 Å². The minimum absolute atomic E-state index is 0.370. The maximum absolute atomic E-state index is 9.91. The Morgan fingerprint density at radius 3 is 2.83 bits per heavy atom. The molecule has 0 spiro atoms. The summed E-state index contributed by atoms with van der Waals surface area (Å²) in [7, 11) is 1.65. The summed E-state index contributed by atoms with van der Waals surface area (Å²) < 4.78 is 10.6. The van der Waals surface area contributed by atoms with Crippen molar-refractivity contribution in [1.29, 1.82) is 0 Å². The van der Waals surface area contributed by atoms with Gasteiger partial charge in [-0.1, -0.05) is 13.8 Å². The Kier molecular flexibility index (Phi) is 7.56. The van der Waals surface area contributed by atoms with Gasteiger partial charge in [0.05, 0.1) is 25.9 Å². The van der Waals surface area contributed by atoms with Crippen LogP contribution in [0.2, 0.25) is 0 Å². The maximum atomic E-state index is 9.91. The van der Waals surface area contributed by atoms with Gasteiger partial charge >= 0.3 is 0 Å². The lowest BCUT2D eigenvalue weighted by Gasteiger charge is -2.24. The minimum Gasteiger partial charge on any atom is -0.389 e. The molecule has 1 saturated heterocycles. The Hall–Kier alpha value is 0.190. The molecule has 0 radical (unpaired) electrons. The molecule has 0 aromatic heterocycles. The Bertz CT molecular complexity index is 226. The van der Waals surface area contributed by atoms with Crippen LogP contribution >= 0.6 is 11.8 Å². The molecule has 0 aromatic carbocycles. The average molecular weight is 277 g/mol. The number of hydrogen-bond acceptors (Lipinski definition) is 5. The smallest absolute Gasteiger partial charge is 0.0900 e. The zero-order chi connectivity index (χ0) is 13.4. The first kappa shape index (κ1) is 16.2. The fraction of sp³-hybridized carbons (Fsp3) is 1.00. The van der Waals surface area contributed by atoms with Crippen LogP contribution in [0.1, 0.15) is 20.3 Å². The number of thioether (sulfide) groups is 1. The van der Waals surface area contributed by atoms with Crippen molar-refractivity contribution in [2.45, 2.75) is 31.1 Å². The summed E-state index contributed by atoms with van der Waals surface area (Å²) in [6.45, 7) is 8.97. The zero-order valence-electron chi connectivity index (χ0n) is 11.9. The highest BCUT2D eigenvalue weighted by Gasteiger charge is 2.24. The molecule has 1 aliphatic heterocycles. The van der Waals surface area contributed by atoms with Crippen LogP contribution in [0.4, 0.5) is 0 Å². The largest absolute Gasteiger partial charge is 0.389 e. The van der Waals surface area contributed by atoms with Crippen LogP contribution < -0.4 is 0 Å². The lowest BCUT2D eigenvalue weighted by atomic mass is 10.1. The number of nitrogens with zero attached hydrogens (tertiary/aromatic N) is 1. The Morgan fingerprint density at radius 1 is 1.33 bits per heavy atom. The van der Waals surface area contributed by atoms with Crippen molar-refractivity contribution >= 4 is 11.8 Å². The van der Waals surface area contributed by atoms with Crippen LogP contribution in [0.3, 0.4) is 0 Å². The van der Waals surface area contributed by atoms with Crippen molar-refractivity contribution in [2.75, 3.05) is 52.3 Å². The molecule has 4 nitrogen and oxygen atoms in total. The van der Waals surface area contributed by atoms with E-state index in [0.717, 1.165) is 18.8 Å². The second kappa shape index (κ2) is 8.38. The molecule has 1 rings (SSSR count). The van der Waals surface area contributed by atoms with Gasteiger partial charge in [-0.25, -0.2) is 0 Å². The monoisotopic (exact) mass is 277 g/mol. The van der Waals surface area contributed by atoms with Crippen LogP contribution in [-0.2, 0) is 9.47 Å². The summed E-state index contributed by atoms with van der Waals surface area (Å²) in [6, 6.07) is 0. The number of ether oxygens (including phenoxy) is 2. The van der Waals surface area contributed by atoms with E-state index in [0.29, 0.717) is 31.1 Å². The number of methoxy groups -OCH3 is 1. The maximum Gasteiger partial charge on any atom is 0.0900 e. The van der Waals surface area contributed by atoms with Gasteiger partial charge in [-0.3, -0.25) is 4.90 Å². The predicted molar refractivity (Wildman–Crippen MR) is 76.3 cm³/mol. The summed E-state index contributed by atoms with van der Waals surface area (Å²) in [5.74, 6) is 1.14. The van der Waals surface area contributed by atoms with Gasteiger partial charge in [-0.05, 0) is 13.0 Å². The summed E-state index contributed by atoms with van der Waals surface area (Å²) in [5.41, 5.74) is 0. The van der Waals surface area contributed by atoms with Gasteiger partial charge in [0.15, 0.2) is 0 Å². The molecule has 0 aromatic rings. The second-order valence-electron chi connectivity index (χ2n) is 5.38. The third-order valence-electron chi connectivity index (χ3n) is 3.14. The van der Waals surface area contributed by atoms with E-state index >= 15 is 0 Å². The molecule has 1 heterocycles. The predicted octanol–water partition coefficient (Wildman–Crippen LogP) is 1.23. The highest BCUT2D eigenvalue weighted by atomic mass is 32.2. The van der Waals surface area contributed by atoms with Gasteiger partial charge in [-0.15, -0.1) is 0 Å². The van der Waals surface area contributed by atoms with Gasteiger partial charge < -0.3 is 14.6 Å². The van der Waals surface area contributed by atoms with Gasteiger partial charge in [-0.2, -0.15) is 11.8 Å². The number of β-amino-alcohol motifs (C(OH)–C–C–N with tert-alkyl or cyclic N) is 1. The van der Waals surface area contributed by atoms with Gasteiger partial charge in [0.1, 0.15) is 0 Å². The second-order valence-corrected chi connectivity index (χ2v) is 7.18. The molecule has 1 unspecified atom stereocenters. The topological polar surface area (TPSA) is 41.9 Å². The first-order valence-electron chi connectivity index (χ1n) is 6.64. The van der Waals surface area contributed by atoms with E-state index in [9.17, 15) is 5.11 Å². The molecule has 1 N–H and O–H groups in total. The molecule has 0 bridgehead atoms. The molecule has 1 atom stereocenters. The highest BCUT2D eigenvalue weighted by Crippen LogP contribution is 2.30. The van der Waals surface area contributed by atoms with Crippen molar-refractivity contribution in [3.8, 4) is 0 Å². The molecule has 108 valence electrons. The zero-order valence-corrected chi connectivity index (χ0v) is 12.7. The highest BCUT2D eigenvalue weighted by molar-refractivity contribution is 8.00. The number of rotatable bonds is 7. The van der Waals surface area contributed by atoms with E-state index in [1.165, 1.54) is 6.42 Å². The van der Waals surface area contributed by atoms with Crippen molar-refractivity contribution in [2.24, 2.45) is 0 Å². The van der Waals surface area contributed by atoms with Crippen molar-refractivity contribution < 1.29 is 14.6 Å². The van der Waals surface area contributed by atoms with E-state index in [4.69, 9.17) is 9.47 Å². The van der Waals surface area contributed by atoms with Crippen LogP contribution in [0.15, 0.2) is 0 Å². The molecular formula is C13H27NO3S. The number of aliphatic hydroxyl groups excluding tert-OH is 1. The molecule has 1 aliphatic rings. The Labute approximate surface area is 115 Å². The molecule has 0 aliphatic carbocycles. The summed E-state index contributed by atoms with van der Waals surface area (Å²) >= 11 is 2.03. The van der Waals surface area contributed by atoms with Crippen molar-refractivity contribution in [3.63, 3.8) is 0 Å². The SMILES string of the molecule is COCCOCC(O)CN1CCSC(C)(C)CC1. The van der Waals surface area contributed by atoms with Gasteiger partial charge in [0, 0.05) is 30.7 Å². The fourth-order valence-electron chi connectivity index (χ4n) is 1.96. The average Bonchev–Trinajstić information content (AvgIpc) is 2.47. The molecule has 18 heavy (non-hydrogen) atoms. The molecule has 0 amide bonds.